The van der Waals surface area contributed by atoms with E-state index in [0.29, 0.717) is 31.5 Å². The van der Waals surface area contributed by atoms with Gasteiger partial charge in [-0.1, -0.05) is 66.7 Å². The molecule has 0 radical (unpaired) electrons. The third-order valence-electron chi connectivity index (χ3n) is 7.31. The molecule has 1 atom stereocenters. The van der Waals surface area contributed by atoms with E-state index >= 15 is 0 Å². The van der Waals surface area contributed by atoms with E-state index in [-0.39, 0.29) is 36.5 Å². The van der Waals surface area contributed by atoms with Crippen LogP contribution in [0.5, 0.6) is 0 Å². The predicted molar refractivity (Wildman–Crippen MR) is 154 cm³/mol. The molecule has 0 spiro atoms. The molecule has 0 aliphatic carbocycles. The van der Waals surface area contributed by atoms with Crippen LogP contribution >= 0.6 is 0 Å². The average molecular weight is 538 g/mol. The number of hydrogen-bond acceptors (Lipinski definition) is 3. The van der Waals surface area contributed by atoms with Crippen molar-refractivity contribution >= 4 is 34.2 Å². The van der Waals surface area contributed by atoms with E-state index in [2.05, 4.69) is 5.32 Å². The van der Waals surface area contributed by atoms with Crippen LogP contribution < -0.4 is 10.2 Å². The lowest BCUT2D eigenvalue weighted by Gasteiger charge is -2.32. The van der Waals surface area contributed by atoms with Crippen molar-refractivity contribution in [3.8, 4) is 0 Å². The van der Waals surface area contributed by atoms with Crippen molar-refractivity contribution in [2.45, 2.75) is 38.8 Å². The highest BCUT2D eigenvalue weighted by Gasteiger charge is 2.32. The van der Waals surface area contributed by atoms with E-state index in [9.17, 15) is 18.8 Å². The number of benzene rings is 4. The zero-order valence-corrected chi connectivity index (χ0v) is 22.5. The van der Waals surface area contributed by atoms with E-state index in [4.69, 9.17) is 0 Å². The van der Waals surface area contributed by atoms with Crippen LogP contribution in [0.2, 0.25) is 0 Å². The van der Waals surface area contributed by atoms with Gasteiger partial charge in [0.2, 0.25) is 11.8 Å². The molecule has 0 saturated carbocycles. The third-order valence-corrected chi connectivity index (χ3v) is 7.31. The Morgan fingerprint density at radius 1 is 0.900 bits per heavy atom. The van der Waals surface area contributed by atoms with Crippen molar-refractivity contribution in [2.75, 3.05) is 18.0 Å². The minimum atomic E-state index is -0.744. The van der Waals surface area contributed by atoms with E-state index in [1.54, 1.807) is 21.9 Å². The Morgan fingerprint density at radius 3 is 2.35 bits per heavy atom. The normalized spacial score (nSPS) is 12.9. The van der Waals surface area contributed by atoms with Gasteiger partial charge in [0.05, 0.1) is 5.69 Å². The minimum Gasteiger partial charge on any atom is -0.355 e. The summed E-state index contributed by atoms with van der Waals surface area (Å²) in [6, 6.07) is 26.4. The van der Waals surface area contributed by atoms with Gasteiger partial charge in [0, 0.05) is 43.4 Å². The van der Waals surface area contributed by atoms with Crippen molar-refractivity contribution in [3.63, 3.8) is 0 Å². The van der Waals surface area contributed by atoms with E-state index < -0.39 is 6.04 Å². The summed E-state index contributed by atoms with van der Waals surface area (Å²) < 4.78 is 13.6. The molecular weight excluding hydrogens is 505 g/mol. The van der Waals surface area contributed by atoms with Gasteiger partial charge in [-0.2, -0.15) is 0 Å². The summed E-state index contributed by atoms with van der Waals surface area (Å²) in [4.78, 5) is 43.6. The molecule has 0 saturated heterocycles. The Balaban J connectivity index is 1.36. The lowest BCUT2D eigenvalue weighted by atomic mass is 10.0. The second kappa shape index (κ2) is 12.1. The number of carbonyl (C=O) groups excluding carboxylic acids is 3. The van der Waals surface area contributed by atoms with Crippen molar-refractivity contribution in [3.05, 3.63) is 114 Å². The fourth-order valence-electron chi connectivity index (χ4n) is 5.37. The van der Waals surface area contributed by atoms with E-state index in [1.165, 1.54) is 12.1 Å². The van der Waals surface area contributed by atoms with Crippen LogP contribution in [0.4, 0.5) is 10.1 Å². The number of likely N-dealkylation sites (N-methyl/N-ethyl adjacent to an activating group) is 1. The third kappa shape index (κ3) is 5.73. The molecule has 1 aliphatic heterocycles. The SMILES string of the molecule is CCNC(=O)[C@@H](Cc1ccccc1)N(Cc1ccc(F)cc1)C(=O)CCCN1C(=O)c2cccc3cccc1c23. The molecule has 4 aromatic carbocycles. The van der Waals surface area contributed by atoms with Gasteiger partial charge in [-0.25, -0.2) is 4.39 Å². The molecular formula is C33H32FN3O3. The molecule has 3 amide bonds. The predicted octanol–water partition coefficient (Wildman–Crippen LogP) is 5.50. The first-order valence-corrected chi connectivity index (χ1v) is 13.7. The Hall–Kier alpha value is -4.52. The first kappa shape index (κ1) is 27.1. The number of nitrogens with zero attached hydrogens (tertiary/aromatic N) is 2. The number of hydrogen-bond donors (Lipinski definition) is 1. The Kier molecular flexibility index (Phi) is 8.20. The van der Waals surface area contributed by atoms with Gasteiger partial charge in [-0.3, -0.25) is 14.4 Å². The highest BCUT2D eigenvalue weighted by atomic mass is 19.1. The second-order valence-electron chi connectivity index (χ2n) is 9.99. The first-order valence-electron chi connectivity index (χ1n) is 13.7. The number of amides is 3. The molecule has 0 bridgehead atoms. The Morgan fingerprint density at radius 2 is 1.62 bits per heavy atom. The summed E-state index contributed by atoms with van der Waals surface area (Å²) in [5.74, 6) is -0.860. The lowest BCUT2D eigenvalue weighted by molar-refractivity contribution is -0.141. The maximum atomic E-state index is 13.8. The van der Waals surface area contributed by atoms with Crippen molar-refractivity contribution in [1.29, 1.82) is 0 Å². The molecule has 1 aliphatic rings. The van der Waals surface area contributed by atoms with Crippen LogP contribution in [0.1, 0.15) is 41.3 Å². The van der Waals surface area contributed by atoms with Crippen LogP contribution in [0.25, 0.3) is 10.8 Å². The number of rotatable bonds is 11. The van der Waals surface area contributed by atoms with Gasteiger partial charge in [-0.15, -0.1) is 0 Å². The summed E-state index contributed by atoms with van der Waals surface area (Å²) >= 11 is 0. The van der Waals surface area contributed by atoms with Crippen LogP contribution in [0, 0.1) is 5.82 Å². The van der Waals surface area contributed by atoms with Crippen LogP contribution in [-0.2, 0) is 22.6 Å². The maximum absolute atomic E-state index is 13.8. The molecule has 5 rings (SSSR count). The fourth-order valence-corrected chi connectivity index (χ4v) is 5.37. The molecule has 1 N–H and O–H groups in total. The molecule has 40 heavy (non-hydrogen) atoms. The maximum Gasteiger partial charge on any atom is 0.258 e. The summed E-state index contributed by atoms with van der Waals surface area (Å²) in [5.41, 5.74) is 3.20. The second-order valence-corrected chi connectivity index (χ2v) is 9.99. The smallest absolute Gasteiger partial charge is 0.258 e. The Labute approximate surface area is 233 Å². The summed E-state index contributed by atoms with van der Waals surface area (Å²) in [6.45, 7) is 2.83. The monoisotopic (exact) mass is 537 g/mol. The zero-order chi connectivity index (χ0) is 28.1. The highest BCUT2D eigenvalue weighted by molar-refractivity contribution is 6.25. The van der Waals surface area contributed by atoms with E-state index in [1.807, 2.05) is 73.7 Å². The molecule has 204 valence electrons. The summed E-state index contributed by atoms with van der Waals surface area (Å²) in [7, 11) is 0. The van der Waals surface area contributed by atoms with Crippen LogP contribution in [-0.4, -0.2) is 41.8 Å². The van der Waals surface area contributed by atoms with Crippen LogP contribution in [0.15, 0.2) is 91.0 Å². The van der Waals surface area contributed by atoms with Crippen LogP contribution in [0.3, 0.4) is 0 Å². The topological polar surface area (TPSA) is 69.7 Å². The average Bonchev–Trinajstić information content (AvgIpc) is 3.24. The molecule has 6 nitrogen and oxygen atoms in total. The molecule has 0 aromatic heterocycles. The highest BCUT2D eigenvalue weighted by Crippen LogP contribution is 2.37. The van der Waals surface area contributed by atoms with Gasteiger partial charge in [-0.05, 0) is 54.1 Å². The molecule has 0 unspecified atom stereocenters. The van der Waals surface area contributed by atoms with Gasteiger partial charge >= 0.3 is 0 Å². The zero-order valence-electron chi connectivity index (χ0n) is 22.5. The first-order chi connectivity index (χ1) is 19.5. The largest absolute Gasteiger partial charge is 0.355 e. The fraction of sp³-hybridized carbons (Fsp3) is 0.242. The molecule has 7 heteroatoms. The molecule has 0 fully saturated rings. The minimum absolute atomic E-state index is 0.0632. The number of anilines is 1. The Bertz CT molecular complexity index is 1520. The number of nitrogens with one attached hydrogen (secondary N) is 1. The summed E-state index contributed by atoms with van der Waals surface area (Å²) in [6.07, 6.45) is 0.936. The van der Waals surface area contributed by atoms with Gasteiger partial charge in [0.15, 0.2) is 0 Å². The van der Waals surface area contributed by atoms with Crippen molar-refractivity contribution in [2.24, 2.45) is 0 Å². The summed E-state index contributed by atoms with van der Waals surface area (Å²) in [5, 5.41) is 4.83. The molecule has 1 heterocycles. The van der Waals surface area contributed by atoms with Gasteiger partial charge in [0.25, 0.3) is 5.91 Å². The number of halogens is 1. The standard InChI is InChI=1S/C33H32FN3O3/c1-2-35-32(39)29(21-23-9-4-3-5-10-23)37(22-24-16-18-26(34)19-17-24)30(38)15-8-20-36-28-14-7-12-25-11-6-13-27(31(25)28)33(36)40/h3-7,9-14,16-19,29H,2,8,15,20-22H2,1H3,(H,35,39)/t29-/m1/s1. The van der Waals surface area contributed by atoms with Gasteiger partial charge < -0.3 is 15.1 Å². The quantitative estimate of drug-likeness (QED) is 0.275. The van der Waals surface area contributed by atoms with E-state index in [0.717, 1.165) is 27.6 Å². The molecule has 4 aromatic rings. The lowest BCUT2D eigenvalue weighted by Crippen LogP contribution is -2.50. The van der Waals surface area contributed by atoms with Crippen molar-refractivity contribution < 1.29 is 18.8 Å². The number of carbonyl (C=O) groups is 3. The van der Waals surface area contributed by atoms with Gasteiger partial charge in [0.1, 0.15) is 11.9 Å². The van der Waals surface area contributed by atoms with Crippen molar-refractivity contribution in [1.82, 2.24) is 10.2 Å².